The minimum absolute atomic E-state index is 0.0403. The van der Waals surface area contributed by atoms with Gasteiger partial charge in [-0.2, -0.15) is 0 Å². The number of unbranched alkanes of at least 4 members (excludes halogenated alkanes) is 1. The van der Waals surface area contributed by atoms with E-state index in [2.05, 4.69) is 4.98 Å². The van der Waals surface area contributed by atoms with Gasteiger partial charge in [0.05, 0.1) is 19.9 Å². The minimum atomic E-state index is -0.745. The molecule has 0 radical (unpaired) electrons. The number of hydrogen-bond donors (Lipinski definition) is 2. The van der Waals surface area contributed by atoms with Crippen molar-refractivity contribution in [2.75, 3.05) is 17.7 Å². The van der Waals surface area contributed by atoms with E-state index in [4.69, 9.17) is 14.9 Å². The Morgan fingerprint density at radius 3 is 2.72 bits per heavy atom. The molecule has 0 aliphatic heterocycles. The Kier molecular flexibility index (Phi) is 7.33. The maximum Gasteiger partial charge on any atom is 0.330 e. The highest BCUT2D eigenvalue weighted by molar-refractivity contribution is 6.05. The topological polar surface area (TPSA) is 124 Å². The summed E-state index contributed by atoms with van der Waals surface area (Å²) in [5, 5.41) is 0. The van der Waals surface area contributed by atoms with Gasteiger partial charge >= 0.3 is 5.69 Å². The molecule has 32 heavy (non-hydrogen) atoms. The summed E-state index contributed by atoms with van der Waals surface area (Å²) in [5.41, 5.74) is 5.45. The molecule has 2 heterocycles. The van der Waals surface area contributed by atoms with Gasteiger partial charge < -0.3 is 14.9 Å². The first kappa shape index (κ1) is 22.7. The fourth-order valence-electron chi connectivity index (χ4n) is 3.26. The van der Waals surface area contributed by atoms with Crippen LogP contribution in [0.2, 0.25) is 0 Å². The summed E-state index contributed by atoms with van der Waals surface area (Å²) in [5.74, 6) is 0.469. The Labute approximate surface area is 184 Å². The average molecular weight is 438 g/mol. The normalized spacial score (nSPS) is 11.1. The van der Waals surface area contributed by atoms with Crippen molar-refractivity contribution in [2.45, 2.75) is 32.9 Å². The number of nitrogens with one attached hydrogen (secondary N) is 1. The Balaban J connectivity index is 2.05. The molecule has 0 atom stereocenters. The zero-order valence-corrected chi connectivity index (χ0v) is 18.0. The van der Waals surface area contributed by atoms with Gasteiger partial charge in [0.2, 0.25) is 0 Å². The summed E-state index contributed by atoms with van der Waals surface area (Å²) in [6.45, 7) is 2.26. The van der Waals surface area contributed by atoms with E-state index in [9.17, 15) is 14.4 Å². The molecule has 3 aromatic rings. The van der Waals surface area contributed by atoms with Crippen molar-refractivity contribution >= 4 is 23.5 Å². The average Bonchev–Trinajstić information content (AvgIpc) is 3.30. The number of aromatic nitrogens is 2. The zero-order valence-electron chi connectivity index (χ0n) is 18.0. The van der Waals surface area contributed by atoms with E-state index in [-0.39, 0.29) is 18.1 Å². The van der Waals surface area contributed by atoms with Crippen LogP contribution in [-0.4, -0.2) is 22.6 Å². The molecule has 0 aliphatic carbocycles. The van der Waals surface area contributed by atoms with Crippen molar-refractivity contribution in [3.63, 3.8) is 0 Å². The molecule has 0 saturated heterocycles. The smallest absolute Gasteiger partial charge is 0.330 e. The molecule has 0 spiro atoms. The molecular formula is C23H26N4O5. The molecule has 0 bridgehead atoms. The van der Waals surface area contributed by atoms with Gasteiger partial charge in [-0.1, -0.05) is 31.5 Å². The molecule has 1 amide bonds. The van der Waals surface area contributed by atoms with E-state index < -0.39 is 17.2 Å². The van der Waals surface area contributed by atoms with Crippen LogP contribution in [0.4, 0.5) is 11.5 Å². The van der Waals surface area contributed by atoms with Crippen molar-refractivity contribution in [1.82, 2.24) is 9.55 Å². The lowest BCUT2D eigenvalue weighted by Gasteiger charge is -2.22. The van der Waals surface area contributed by atoms with E-state index in [1.165, 1.54) is 28.9 Å². The largest absolute Gasteiger partial charge is 0.496 e. The summed E-state index contributed by atoms with van der Waals surface area (Å²) >= 11 is 0. The van der Waals surface area contributed by atoms with E-state index in [1.807, 2.05) is 19.1 Å². The van der Waals surface area contributed by atoms with Crippen molar-refractivity contribution in [3.8, 4) is 5.75 Å². The van der Waals surface area contributed by atoms with Gasteiger partial charge in [-0.15, -0.1) is 0 Å². The second-order valence-electron chi connectivity index (χ2n) is 7.08. The zero-order chi connectivity index (χ0) is 23.1. The number of ether oxygens (including phenoxy) is 1. The number of methoxy groups -OCH3 is 1. The number of amides is 1. The molecule has 3 rings (SSSR count). The molecule has 0 unspecified atom stereocenters. The third-order valence-corrected chi connectivity index (χ3v) is 4.92. The Morgan fingerprint density at radius 2 is 2.03 bits per heavy atom. The highest BCUT2D eigenvalue weighted by atomic mass is 16.5. The molecule has 0 fully saturated rings. The number of para-hydroxylation sites is 1. The third kappa shape index (κ3) is 5.00. The van der Waals surface area contributed by atoms with Gasteiger partial charge in [0.25, 0.3) is 11.5 Å². The summed E-state index contributed by atoms with van der Waals surface area (Å²) in [4.78, 5) is 41.7. The van der Waals surface area contributed by atoms with E-state index >= 15 is 0 Å². The second kappa shape index (κ2) is 10.3. The number of carbonyl (C=O) groups is 1. The van der Waals surface area contributed by atoms with Crippen LogP contribution in [0.5, 0.6) is 5.75 Å². The van der Waals surface area contributed by atoms with Gasteiger partial charge in [0.15, 0.2) is 5.69 Å². The number of benzene rings is 1. The number of aromatic amines is 1. The van der Waals surface area contributed by atoms with Crippen molar-refractivity contribution in [3.05, 3.63) is 80.9 Å². The lowest BCUT2D eigenvalue weighted by atomic mass is 10.2. The molecule has 0 saturated carbocycles. The summed E-state index contributed by atoms with van der Waals surface area (Å²) in [6, 6.07) is 10.6. The number of rotatable bonds is 9. The summed E-state index contributed by atoms with van der Waals surface area (Å²) < 4.78 is 12.0. The quantitative estimate of drug-likeness (QED) is 0.495. The van der Waals surface area contributed by atoms with Crippen LogP contribution >= 0.6 is 0 Å². The summed E-state index contributed by atoms with van der Waals surface area (Å²) in [6.07, 6.45) is 5.90. The van der Waals surface area contributed by atoms with Crippen LogP contribution in [0.3, 0.4) is 0 Å². The highest BCUT2D eigenvalue weighted by Gasteiger charge is 2.24. The number of nitrogens with zero attached hydrogens (tertiary/aromatic N) is 2. The molecule has 9 heteroatoms. The number of hydrogen-bond acceptors (Lipinski definition) is 6. The first-order chi connectivity index (χ1) is 15.5. The van der Waals surface area contributed by atoms with Crippen LogP contribution < -0.4 is 26.6 Å². The lowest BCUT2D eigenvalue weighted by Crippen LogP contribution is -2.40. The Hall–Kier alpha value is -4.01. The van der Waals surface area contributed by atoms with Gasteiger partial charge in [0.1, 0.15) is 17.3 Å². The van der Waals surface area contributed by atoms with Crippen LogP contribution in [-0.2, 0) is 17.9 Å². The first-order valence-electron chi connectivity index (χ1n) is 10.2. The van der Waals surface area contributed by atoms with Gasteiger partial charge in [-0.3, -0.25) is 24.0 Å². The van der Waals surface area contributed by atoms with Crippen LogP contribution in [0.15, 0.2) is 62.7 Å². The molecular weight excluding hydrogens is 412 g/mol. The van der Waals surface area contributed by atoms with Crippen molar-refractivity contribution in [2.24, 2.45) is 0 Å². The first-order valence-corrected chi connectivity index (χ1v) is 10.2. The van der Waals surface area contributed by atoms with Gasteiger partial charge in [-0.05, 0) is 30.7 Å². The number of furan rings is 1. The SMILES string of the molecule is CCCCn1c(N)c(N(Cc2ccco2)C(=O)/C=C/c2ccccc2OC)c(=O)[nH]c1=O. The predicted octanol–water partition coefficient (Wildman–Crippen LogP) is 2.77. The monoisotopic (exact) mass is 438 g/mol. The molecule has 9 nitrogen and oxygen atoms in total. The van der Waals surface area contributed by atoms with Crippen LogP contribution in [0, 0.1) is 0 Å². The Morgan fingerprint density at radius 1 is 1.25 bits per heavy atom. The van der Waals surface area contributed by atoms with Gasteiger partial charge in [-0.25, -0.2) is 4.79 Å². The minimum Gasteiger partial charge on any atom is -0.496 e. The lowest BCUT2D eigenvalue weighted by molar-refractivity contribution is -0.114. The summed E-state index contributed by atoms with van der Waals surface area (Å²) in [7, 11) is 1.54. The standard InChI is InChI=1S/C23H26N4O5/c1-3-4-13-26-21(24)20(22(29)25-23(26)30)27(15-17-9-7-14-32-17)19(28)12-11-16-8-5-6-10-18(16)31-2/h5-12,14H,3-4,13,15,24H2,1-2H3,(H,25,29,30)/b12-11+. The number of H-pyrrole nitrogens is 1. The number of anilines is 2. The fourth-order valence-corrected chi connectivity index (χ4v) is 3.26. The van der Waals surface area contributed by atoms with Gasteiger partial charge in [0, 0.05) is 18.2 Å². The number of carbonyl (C=O) groups excluding carboxylic acids is 1. The van der Waals surface area contributed by atoms with E-state index in [1.54, 1.807) is 30.3 Å². The van der Waals surface area contributed by atoms with E-state index in [0.29, 0.717) is 30.0 Å². The molecule has 0 aliphatic rings. The van der Waals surface area contributed by atoms with Crippen LogP contribution in [0.1, 0.15) is 31.1 Å². The maximum absolute atomic E-state index is 13.2. The van der Waals surface area contributed by atoms with Crippen molar-refractivity contribution < 1.29 is 13.9 Å². The predicted molar refractivity (Wildman–Crippen MR) is 123 cm³/mol. The highest BCUT2D eigenvalue weighted by Crippen LogP contribution is 2.22. The van der Waals surface area contributed by atoms with Crippen molar-refractivity contribution in [1.29, 1.82) is 0 Å². The molecule has 168 valence electrons. The molecule has 2 aromatic heterocycles. The van der Waals surface area contributed by atoms with E-state index in [0.717, 1.165) is 6.42 Å². The maximum atomic E-state index is 13.2. The number of nitrogens with two attached hydrogens (primary N) is 1. The fraction of sp³-hybridized carbons (Fsp3) is 0.261. The molecule has 1 aromatic carbocycles. The Bertz CT molecular complexity index is 1210. The third-order valence-electron chi connectivity index (χ3n) is 4.92. The second-order valence-corrected chi connectivity index (χ2v) is 7.08. The number of nitrogen functional groups attached to an aromatic ring is 1. The van der Waals surface area contributed by atoms with Crippen LogP contribution in [0.25, 0.3) is 6.08 Å². The molecule has 3 N–H and O–H groups in total.